The first kappa shape index (κ1) is 17.3. The van der Waals surface area contributed by atoms with Gasteiger partial charge >= 0.3 is 0 Å². The van der Waals surface area contributed by atoms with E-state index in [1.807, 2.05) is 31.2 Å². The van der Waals surface area contributed by atoms with Crippen molar-refractivity contribution in [1.82, 2.24) is 9.97 Å². The third-order valence-corrected chi connectivity index (χ3v) is 4.39. The van der Waals surface area contributed by atoms with E-state index in [9.17, 15) is 0 Å². The van der Waals surface area contributed by atoms with Gasteiger partial charge in [-0.25, -0.2) is 4.98 Å². The number of allylic oxidation sites excluding steroid dienone is 1. The van der Waals surface area contributed by atoms with Gasteiger partial charge in [-0.15, -0.1) is 0 Å². The molecule has 0 bridgehead atoms. The molecular formula is C20H26N4O. The molecule has 2 aromatic rings. The number of benzene rings is 1. The lowest BCUT2D eigenvalue weighted by Crippen LogP contribution is -2.07. The monoisotopic (exact) mass is 338 g/mol. The number of ether oxygens (including phenoxy) is 1. The number of rotatable bonds is 7. The lowest BCUT2D eigenvalue weighted by atomic mass is 9.97. The molecule has 1 aromatic heterocycles. The highest BCUT2D eigenvalue weighted by molar-refractivity contribution is 5.64. The minimum Gasteiger partial charge on any atom is -0.495 e. The summed E-state index contributed by atoms with van der Waals surface area (Å²) >= 11 is 0. The maximum Gasteiger partial charge on any atom is 0.229 e. The molecule has 0 unspecified atom stereocenters. The summed E-state index contributed by atoms with van der Waals surface area (Å²) in [6.45, 7) is 2.94. The molecule has 0 atom stereocenters. The Labute approximate surface area is 149 Å². The molecule has 1 aliphatic rings. The molecule has 0 fully saturated rings. The topological polar surface area (TPSA) is 59.1 Å². The SMILES string of the molecule is COc1ccc(C)cc1Nc1nccc(NCCC2=CCCCC2)n1. The zero-order valence-corrected chi connectivity index (χ0v) is 15.0. The molecule has 1 aliphatic carbocycles. The standard InChI is InChI=1S/C20H26N4O/c1-15-8-9-18(25-2)17(14-15)23-20-22-13-11-19(24-20)21-12-10-16-6-4-3-5-7-16/h6,8-9,11,13-14H,3-5,7,10,12H2,1-2H3,(H2,21,22,23,24). The first-order valence-corrected chi connectivity index (χ1v) is 8.91. The number of nitrogens with zero attached hydrogens (tertiary/aromatic N) is 2. The van der Waals surface area contributed by atoms with Crippen LogP contribution in [0.3, 0.4) is 0 Å². The average molecular weight is 338 g/mol. The number of anilines is 3. The molecule has 0 radical (unpaired) electrons. The molecule has 3 rings (SSSR count). The van der Waals surface area contributed by atoms with Crippen LogP contribution < -0.4 is 15.4 Å². The Morgan fingerprint density at radius 2 is 2.12 bits per heavy atom. The number of hydrogen-bond donors (Lipinski definition) is 2. The van der Waals surface area contributed by atoms with Crippen LogP contribution >= 0.6 is 0 Å². The number of aromatic nitrogens is 2. The van der Waals surface area contributed by atoms with Crippen LogP contribution in [0, 0.1) is 6.92 Å². The number of nitrogens with one attached hydrogen (secondary N) is 2. The number of hydrogen-bond acceptors (Lipinski definition) is 5. The second-order valence-electron chi connectivity index (χ2n) is 6.38. The number of methoxy groups -OCH3 is 1. The molecule has 0 saturated heterocycles. The van der Waals surface area contributed by atoms with Crippen molar-refractivity contribution in [2.45, 2.75) is 39.0 Å². The molecule has 5 heteroatoms. The van der Waals surface area contributed by atoms with E-state index in [0.717, 1.165) is 35.8 Å². The van der Waals surface area contributed by atoms with Gasteiger partial charge in [0.15, 0.2) is 0 Å². The smallest absolute Gasteiger partial charge is 0.229 e. The highest BCUT2D eigenvalue weighted by atomic mass is 16.5. The van der Waals surface area contributed by atoms with Crippen LogP contribution in [0.5, 0.6) is 5.75 Å². The van der Waals surface area contributed by atoms with Gasteiger partial charge in [0.2, 0.25) is 5.95 Å². The molecule has 132 valence electrons. The highest BCUT2D eigenvalue weighted by Gasteiger charge is 2.07. The van der Waals surface area contributed by atoms with Crippen molar-refractivity contribution < 1.29 is 4.74 Å². The Balaban J connectivity index is 1.61. The van der Waals surface area contributed by atoms with Gasteiger partial charge in [-0.05, 0) is 62.8 Å². The van der Waals surface area contributed by atoms with Crippen LogP contribution in [0.15, 0.2) is 42.1 Å². The lowest BCUT2D eigenvalue weighted by Gasteiger charge is -2.14. The van der Waals surface area contributed by atoms with E-state index < -0.39 is 0 Å². The van der Waals surface area contributed by atoms with Crippen molar-refractivity contribution in [3.05, 3.63) is 47.7 Å². The number of aryl methyl sites for hydroxylation is 1. The third-order valence-electron chi connectivity index (χ3n) is 4.39. The molecule has 0 spiro atoms. The predicted molar refractivity (Wildman–Crippen MR) is 103 cm³/mol. The van der Waals surface area contributed by atoms with E-state index in [2.05, 4.69) is 26.7 Å². The van der Waals surface area contributed by atoms with Crippen LogP contribution in [-0.4, -0.2) is 23.6 Å². The largest absolute Gasteiger partial charge is 0.495 e. The average Bonchev–Trinajstić information content (AvgIpc) is 2.63. The summed E-state index contributed by atoms with van der Waals surface area (Å²) < 4.78 is 5.39. The van der Waals surface area contributed by atoms with E-state index in [-0.39, 0.29) is 0 Å². The van der Waals surface area contributed by atoms with Crippen molar-refractivity contribution in [3.8, 4) is 5.75 Å². The van der Waals surface area contributed by atoms with Crippen molar-refractivity contribution >= 4 is 17.5 Å². The summed E-state index contributed by atoms with van der Waals surface area (Å²) in [4.78, 5) is 8.86. The van der Waals surface area contributed by atoms with Crippen molar-refractivity contribution in [3.63, 3.8) is 0 Å². The quantitative estimate of drug-likeness (QED) is 0.707. The Morgan fingerprint density at radius 3 is 2.92 bits per heavy atom. The maximum atomic E-state index is 5.39. The molecule has 1 aromatic carbocycles. The lowest BCUT2D eigenvalue weighted by molar-refractivity contribution is 0.416. The maximum absolute atomic E-state index is 5.39. The molecule has 1 heterocycles. The summed E-state index contributed by atoms with van der Waals surface area (Å²) in [6.07, 6.45) is 10.4. The predicted octanol–water partition coefficient (Wildman–Crippen LogP) is 4.84. The van der Waals surface area contributed by atoms with Crippen molar-refractivity contribution in [2.75, 3.05) is 24.3 Å². The zero-order chi connectivity index (χ0) is 17.5. The second-order valence-corrected chi connectivity index (χ2v) is 6.38. The first-order chi connectivity index (χ1) is 12.2. The van der Waals surface area contributed by atoms with E-state index >= 15 is 0 Å². The van der Waals surface area contributed by atoms with Gasteiger partial charge in [0, 0.05) is 12.7 Å². The van der Waals surface area contributed by atoms with Gasteiger partial charge in [-0.2, -0.15) is 4.98 Å². The third kappa shape index (κ3) is 4.95. The van der Waals surface area contributed by atoms with Crippen LogP contribution in [0.2, 0.25) is 0 Å². The van der Waals surface area contributed by atoms with Gasteiger partial charge in [0.05, 0.1) is 12.8 Å². The Kier molecular flexibility index (Phi) is 5.88. The molecule has 0 saturated carbocycles. The van der Waals surface area contributed by atoms with Gasteiger partial charge in [-0.3, -0.25) is 0 Å². The molecule has 0 amide bonds. The Morgan fingerprint density at radius 1 is 1.20 bits per heavy atom. The fraction of sp³-hybridized carbons (Fsp3) is 0.400. The van der Waals surface area contributed by atoms with E-state index in [4.69, 9.17) is 4.74 Å². The zero-order valence-electron chi connectivity index (χ0n) is 15.0. The first-order valence-electron chi connectivity index (χ1n) is 8.91. The van der Waals surface area contributed by atoms with Crippen LogP contribution in [0.25, 0.3) is 0 Å². The summed E-state index contributed by atoms with van der Waals surface area (Å²) in [7, 11) is 1.66. The van der Waals surface area contributed by atoms with E-state index in [1.165, 1.54) is 25.7 Å². The van der Waals surface area contributed by atoms with Gasteiger partial charge in [0.25, 0.3) is 0 Å². The van der Waals surface area contributed by atoms with Crippen LogP contribution in [0.1, 0.15) is 37.7 Å². The molecule has 5 nitrogen and oxygen atoms in total. The Hall–Kier alpha value is -2.56. The van der Waals surface area contributed by atoms with Gasteiger partial charge < -0.3 is 15.4 Å². The summed E-state index contributed by atoms with van der Waals surface area (Å²) in [5, 5.41) is 6.64. The summed E-state index contributed by atoms with van der Waals surface area (Å²) in [5.41, 5.74) is 3.58. The molecular weight excluding hydrogens is 312 g/mol. The van der Waals surface area contributed by atoms with Gasteiger partial charge in [-0.1, -0.05) is 17.7 Å². The fourth-order valence-corrected chi connectivity index (χ4v) is 3.04. The van der Waals surface area contributed by atoms with Crippen molar-refractivity contribution in [1.29, 1.82) is 0 Å². The van der Waals surface area contributed by atoms with E-state index in [0.29, 0.717) is 5.95 Å². The summed E-state index contributed by atoms with van der Waals surface area (Å²) in [5.74, 6) is 2.17. The van der Waals surface area contributed by atoms with Gasteiger partial charge in [0.1, 0.15) is 11.6 Å². The minimum atomic E-state index is 0.561. The molecule has 0 aliphatic heterocycles. The Bertz CT molecular complexity index is 742. The summed E-state index contributed by atoms with van der Waals surface area (Å²) in [6, 6.07) is 7.88. The normalized spacial score (nSPS) is 13.9. The molecule has 25 heavy (non-hydrogen) atoms. The van der Waals surface area contributed by atoms with Crippen LogP contribution in [0.4, 0.5) is 17.5 Å². The van der Waals surface area contributed by atoms with Crippen LogP contribution in [-0.2, 0) is 0 Å². The van der Waals surface area contributed by atoms with Crippen molar-refractivity contribution in [2.24, 2.45) is 0 Å². The van der Waals surface area contributed by atoms with E-state index in [1.54, 1.807) is 18.9 Å². The molecule has 2 N–H and O–H groups in total. The second kappa shape index (κ2) is 8.51. The highest BCUT2D eigenvalue weighted by Crippen LogP contribution is 2.27. The fourth-order valence-electron chi connectivity index (χ4n) is 3.04. The minimum absolute atomic E-state index is 0.561.